The Bertz CT molecular complexity index is 686. The second kappa shape index (κ2) is 40.4. The van der Waals surface area contributed by atoms with Crippen molar-refractivity contribution in [1.29, 1.82) is 0 Å². The lowest BCUT2D eigenvalue weighted by molar-refractivity contribution is 0.0738. The number of aliphatic hydroxyl groups excluding tert-OH is 2. The molecule has 0 fully saturated rings. The minimum absolute atomic E-state index is 0.260. The molecule has 0 radical (unpaired) electrons. The predicted molar refractivity (Wildman–Crippen MR) is 231 cm³/mol. The highest BCUT2D eigenvalue weighted by Crippen LogP contribution is 2.17. The average molecular weight is 740 g/mol. The Kier molecular flexibility index (Phi) is 40.2. The van der Waals surface area contributed by atoms with E-state index in [4.69, 9.17) is 0 Å². The van der Waals surface area contributed by atoms with Gasteiger partial charge in [-0.15, -0.1) is 0 Å². The van der Waals surface area contributed by atoms with Crippen LogP contribution in [0.15, 0.2) is 0 Å². The first kappa shape index (κ1) is 51.7. The molecule has 0 bridgehead atoms. The van der Waals surface area contributed by atoms with E-state index in [0.717, 1.165) is 91.3 Å². The van der Waals surface area contributed by atoms with E-state index in [1.165, 1.54) is 141 Å². The number of hydrogen-bond donors (Lipinski definition) is 3. The molecule has 0 aromatic rings. The summed E-state index contributed by atoms with van der Waals surface area (Å²) < 4.78 is 0. The van der Waals surface area contributed by atoms with Crippen LogP contribution in [0.3, 0.4) is 0 Å². The van der Waals surface area contributed by atoms with Gasteiger partial charge >= 0.3 is 0 Å². The molecule has 0 heterocycles. The Morgan fingerprint density at radius 1 is 0.462 bits per heavy atom. The summed E-state index contributed by atoms with van der Waals surface area (Å²) in [7, 11) is 4.33. The fourth-order valence-corrected chi connectivity index (χ4v) is 7.50. The predicted octanol–water partition coefficient (Wildman–Crippen LogP) is 9.46. The SMILES string of the molecule is CCCCCCCCCCCCCCC(CO)CN(CCN(CCCCCCCCC)CCN(C)CCN(CC)CCNC)CC(O)CCCCC. The quantitative estimate of drug-likeness (QED) is 0.0539. The molecule has 2 atom stereocenters. The van der Waals surface area contributed by atoms with Crippen molar-refractivity contribution in [2.75, 3.05) is 99.2 Å². The maximum Gasteiger partial charge on any atom is 0.0667 e. The molecule has 0 aromatic carbocycles. The highest BCUT2D eigenvalue weighted by atomic mass is 16.3. The summed E-state index contributed by atoms with van der Waals surface area (Å²) in [5.41, 5.74) is 0. The van der Waals surface area contributed by atoms with Crippen molar-refractivity contribution >= 4 is 0 Å². The minimum atomic E-state index is -0.273. The molecule has 0 rings (SSSR count). The first-order valence-corrected chi connectivity index (χ1v) is 23.2. The zero-order chi connectivity index (χ0) is 38.3. The zero-order valence-electron chi connectivity index (χ0n) is 36.5. The summed E-state index contributed by atoms with van der Waals surface area (Å²) in [5, 5.41) is 24.8. The molecule has 0 aliphatic rings. The topological polar surface area (TPSA) is 65.5 Å². The van der Waals surface area contributed by atoms with E-state index >= 15 is 0 Å². The molecular weight excluding hydrogens is 643 g/mol. The van der Waals surface area contributed by atoms with Gasteiger partial charge in [-0.25, -0.2) is 0 Å². The van der Waals surface area contributed by atoms with Gasteiger partial charge in [-0.3, -0.25) is 4.90 Å². The summed E-state index contributed by atoms with van der Waals surface area (Å²) in [5.74, 6) is 0.304. The lowest BCUT2D eigenvalue weighted by Crippen LogP contribution is -2.44. The largest absolute Gasteiger partial charge is 0.396 e. The van der Waals surface area contributed by atoms with Gasteiger partial charge in [0.05, 0.1) is 6.10 Å². The second-order valence-corrected chi connectivity index (χ2v) is 16.4. The average Bonchev–Trinajstić information content (AvgIpc) is 3.15. The standard InChI is InChI=1S/C45H97N5O2/c1-7-11-14-16-18-19-20-21-22-23-25-28-30-44(43-51)41-50(42-45(52)31-27-13-9-3)40-39-49(33-29-26-24-17-15-12-8-2)38-36-47(6)35-37-48(10-4)34-32-46-5/h44-46,51-52H,7-43H2,1-6H3. The Balaban J connectivity index is 5.07. The fourth-order valence-electron chi connectivity index (χ4n) is 7.50. The monoisotopic (exact) mass is 740 g/mol. The van der Waals surface area contributed by atoms with Crippen molar-refractivity contribution in [3.63, 3.8) is 0 Å². The fraction of sp³-hybridized carbons (Fsp3) is 1.00. The Morgan fingerprint density at radius 3 is 1.42 bits per heavy atom. The number of nitrogens with zero attached hydrogens (tertiary/aromatic N) is 4. The molecule has 0 aliphatic heterocycles. The smallest absolute Gasteiger partial charge is 0.0667 e. The first-order chi connectivity index (χ1) is 25.4. The highest BCUT2D eigenvalue weighted by Gasteiger charge is 2.19. The van der Waals surface area contributed by atoms with Crippen LogP contribution in [-0.4, -0.2) is 135 Å². The van der Waals surface area contributed by atoms with Gasteiger partial charge in [0.1, 0.15) is 0 Å². The molecule has 0 spiro atoms. The van der Waals surface area contributed by atoms with Gasteiger partial charge in [0, 0.05) is 72.1 Å². The van der Waals surface area contributed by atoms with Gasteiger partial charge in [0.25, 0.3) is 0 Å². The van der Waals surface area contributed by atoms with Crippen LogP contribution in [0, 0.1) is 5.92 Å². The van der Waals surface area contributed by atoms with E-state index < -0.39 is 0 Å². The lowest BCUT2D eigenvalue weighted by atomic mass is 9.99. The Hall–Kier alpha value is -0.280. The van der Waals surface area contributed by atoms with E-state index in [1.807, 2.05) is 7.05 Å². The summed E-state index contributed by atoms with van der Waals surface area (Å²) in [4.78, 5) is 10.3. The normalized spacial score (nSPS) is 13.4. The number of rotatable bonds is 43. The summed E-state index contributed by atoms with van der Waals surface area (Å²) in [6, 6.07) is 0. The zero-order valence-corrected chi connectivity index (χ0v) is 36.5. The summed E-state index contributed by atoms with van der Waals surface area (Å²) >= 11 is 0. The van der Waals surface area contributed by atoms with Crippen LogP contribution < -0.4 is 5.32 Å². The third-order valence-electron chi connectivity index (χ3n) is 11.4. The van der Waals surface area contributed by atoms with E-state index in [2.05, 4.69) is 59.7 Å². The van der Waals surface area contributed by atoms with Gasteiger partial charge in [-0.2, -0.15) is 0 Å². The molecular formula is C45H97N5O2. The van der Waals surface area contributed by atoms with Crippen LogP contribution in [-0.2, 0) is 0 Å². The number of aliphatic hydroxyl groups is 2. The summed E-state index contributed by atoms with van der Waals surface area (Å²) in [6.07, 6.45) is 31.1. The third kappa shape index (κ3) is 34.2. The van der Waals surface area contributed by atoms with Gasteiger partial charge in [0.15, 0.2) is 0 Å². The van der Waals surface area contributed by atoms with Crippen LogP contribution in [0.5, 0.6) is 0 Å². The second-order valence-electron chi connectivity index (χ2n) is 16.4. The number of likely N-dealkylation sites (N-methyl/N-ethyl adjacent to an activating group) is 3. The molecule has 314 valence electrons. The van der Waals surface area contributed by atoms with E-state index in [0.29, 0.717) is 5.92 Å². The number of hydrogen-bond acceptors (Lipinski definition) is 7. The Labute approximate surface area is 327 Å². The van der Waals surface area contributed by atoms with E-state index in [-0.39, 0.29) is 12.7 Å². The molecule has 7 nitrogen and oxygen atoms in total. The van der Waals surface area contributed by atoms with Crippen LogP contribution >= 0.6 is 0 Å². The molecule has 0 saturated heterocycles. The maximum atomic E-state index is 11.1. The van der Waals surface area contributed by atoms with E-state index in [1.54, 1.807) is 0 Å². The van der Waals surface area contributed by atoms with Crippen molar-refractivity contribution in [3.8, 4) is 0 Å². The molecule has 7 heteroatoms. The third-order valence-corrected chi connectivity index (χ3v) is 11.4. The molecule has 3 N–H and O–H groups in total. The first-order valence-electron chi connectivity index (χ1n) is 23.2. The highest BCUT2D eigenvalue weighted by molar-refractivity contribution is 4.73. The molecule has 52 heavy (non-hydrogen) atoms. The van der Waals surface area contributed by atoms with E-state index in [9.17, 15) is 10.2 Å². The van der Waals surface area contributed by atoms with Crippen molar-refractivity contribution in [3.05, 3.63) is 0 Å². The van der Waals surface area contributed by atoms with Crippen molar-refractivity contribution in [2.45, 2.75) is 188 Å². The van der Waals surface area contributed by atoms with Crippen molar-refractivity contribution in [1.82, 2.24) is 24.9 Å². The molecule has 0 amide bonds. The van der Waals surface area contributed by atoms with Gasteiger partial charge in [0.2, 0.25) is 0 Å². The Morgan fingerprint density at radius 2 is 0.904 bits per heavy atom. The van der Waals surface area contributed by atoms with Crippen LogP contribution in [0.4, 0.5) is 0 Å². The molecule has 0 aliphatic carbocycles. The molecule has 0 saturated carbocycles. The van der Waals surface area contributed by atoms with Crippen LogP contribution in [0.2, 0.25) is 0 Å². The van der Waals surface area contributed by atoms with Gasteiger partial charge in [-0.05, 0) is 52.4 Å². The maximum absolute atomic E-state index is 11.1. The minimum Gasteiger partial charge on any atom is -0.396 e. The van der Waals surface area contributed by atoms with Gasteiger partial charge in [-0.1, -0.05) is 163 Å². The van der Waals surface area contributed by atoms with Crippen LogP contribution in [0.25, 0.3) is 0 Å². The van der Waals surface area contributed by atoms with Gasteiger partial charge < -0.3 is 30.2 Å². The molecule has 0 aromatic heterocycles. The lowest BCUT2D eigenvalue weighted by Gasteiger charge is -2.32. The molecule has 2 unspecified atom stereocenters. The number of unbranched alkanes of at least 4 members (excludes halogenated alkanes) is 19. The van der Waals surface area contributed by atoms with Crippen molar-refractivity contribution < 1.29 is 10.2 Å². The summed E-state index contributed by atoms with van der Waals surface area (Å²) in [6.45, 7) is 21.9. The van der Waals surface area contributed by atoms with Crippen LogP contribution in [0.1, 0.15) is 182 Å². The van der Waals surface area contributed by atoms with Crippen molar-refractivity contribution in [2.24, 2.45) is 5.92 Å². The number of nitrogens with one attached hydrogen (secondary N) is 1.